The Kier molecular flexibility index (Phi) is 8.88. The SMILES string of the molecule is CCOc1cc(/C=C2/C(=O)NC(=O)N(c3cccc(C)c3)C2=O)cc(Br)c1OCCOc1ccccc1OC. The number of carbonyl (C=O) groups excluding carboxylic acids is 3. The maximum absolute atomic E-state index is 13.2. The van der Waals surface area contributed by atoms with Crippen LogP contribution in [-0.4, -0.2) is 44.8 Å². The summed E-state index contributed by atoms with van der Waals surface area (Å²) in [6.07, 6.45) is 1.41. The van der Waals surface area contributed by atoms with Crippen molar-refractivity contribution in [2.24, 2.45) is 0 Å². The number of aryl methyl sites for hydroxylation is 1. The van der Waals surface area contributed by atoms with Crippen molar-refractivity contribution in [1.29, 1.82) is 0 Å². The quantitative estimate of drug-likeness (QED) is 0.193. The van der Waals surface area contributed by atoms with E-state index in [2.05, 4.69) is 21.2 Å². The minimum atomic E-state index is -0.803. The molecule has 9 nitrogen and oxygen atoms in total. The second kappa shape index (κ2) is 12.5. The summed E-state index contributed by atoms with van der Waals surface area (Å²) >= 11 is 3.50. The number of methoxy groups -OCH3 is 1. The number of urea groups is 1. The zero-order valence-corrected chi connectivity index (χ0v) is 23.2. The van der Waals surface area contributed by atoms with Crippen molar-refractivity contribution < 1.29 is 33.3 Å². The first kappa shape index (κ1) is 27.7. The molecule has 10 heteroatoms. The fourth-order valence-corrected chi connectivity index (χ4v) is 4.51. The number of hydrogen-bond acceptors (Lipinski definition) is 7. The van der Waals surface area contributed by atoms with E-state index in [0.717, 1.165) is 10.5 Å². The third-order valence-electron chi connectivity index (χ3n) is 5.66. The number of rotatable bonds is 10. The van der Waals surface area contributed by atoms with Crippen LogP contribution in [0.1, 0.15) is 18.1 Å². The number of imide groups is 2. The highest BCUT2D eigenvalue weighted by molar-refractivity contribution is 9.10. The average molecular weight is 595 g/mol. The van der Waals surface area contributed by atoms with Gasteiger partial charge < -0.3 is 18.9 Å². The van der Waals surface area contributed by atoms with Crippen LogP contribution >= 0.6 is 15.9 Å². The van der Waals surface area contributed by atoms with Gasteiger partial charge in [0, 0.05) is 0 Å². The second-order valence-corrected chi connectivity index (χ2v) is 9.26. The maximum atomic E-state index is 13.2. The molecule has 1 aliphatic rings. The molecule has 0 bridgehead atoms. The van der Waals surface area contributed by atoms with Gasteiger partial charge in [-0.1, -0.05) is 24.3 Å². The summed E-state index contributed by atoms with van der Waals surface area (Å²) in [6, 6.07) is 16.8. The van der Waals surface area contributed by atoms with Crippen molar-refractivity contribution in [2.45, 2.75) is 13.8 Å². The third-order valence-corrected chi connectivity index (χ3v) is 6.25. The maximum Gasteiger partial charge on any atom is 0.335 e. The van der Waals surface area contributed by atoms with E-state index in [1.807, 2.05) is 32.0 Å². The van der Waals surface area contributed by atoms with Gasteiger partial charge in [0.1, 0.15) is 18.8 Å². The van der Waals surface area contributed by atoms with Gasteiger partial charge >= 0.3 is 6.03 Å². The van der Waals surface area contributed by atoms with Crippen LogP contribution in [0.4, 0.5) is 10.5 Å². The number of nitrogens with zero attached hydrogens (tertiary/aromatic N) is 1. The van der Waals surface area contributed by atoms with Crippen LogP contribution < -0.4 is 29.2 Å². The number of anilines is 1. The molecule has 1 heterocycles. The molecule has 0 aromatic heterocycles. The van der Waals surface area contributed by atoms with E-state index >= 15 is 0 Å². The lowest BCUT2D eigenvalue weighted by atomic mass is 10.1. The Morgan fingerprint density at radius 1 is 0.897 bits per heavy atom. The molecule has 3 aromatic rings. The molecule has 202 valence electrons. The van der Waals surface area contributed by atoms with Crippen LogP contribution in [0.25, 0.3) is 6.08 Å². The number of halogens is 1. The summed E-state index contributed by atoms with van der Waals surface area (Å²) in [4.78, 5) is 39.3. The molecule has 3 aromatic carbocycles. The van der Waals surface area contributed by atoms with Gasteiger partial charge in [-0.15, -0.1) is 0 Å². The van der Waals surface area contributed by atoms with Gasteiger partial charge in [-0.3, -0.25) is 14.9 Å². The van der Waals surface area contributed by atoms with Crippen molar-refractivity contribution >= 4 is 45.5 Å². The molecule has 0 saturated carbocycles. The van der Waals surface area contributed by atoms with E-state index in [-0.39, 0.29) is 18.8 Å². The lowest BCUT2D eigenvalue weighted by molar-refractivity contribution is -0.122. The molecule has 4 rings (SSSR count). The largest absolute Gasteiger partial charge is 0.493 e. The minimum Gasteiger partial charge on any atom is -0.493 e. The fraction of sp³-hybridized carbons (Fsp3) is 0.207. The monoisotopic (exact) mass is 594 g/mol. The molecular weight excluding hydrogens is 568 g/mol. The molecule has 0 atom stereocenters. The van der Waals surface area contributed by atoms with Gasteiger partial charge in [-0.05, 0) is 83.4 Å². The fourth-order valence-electron chi connectivity index (χ4n) is 3.93. The van der Waals surface area contributed by atoms with Crippen LogP contribution in [-0.2, 0) is 9.59 Å². The number of barbiturate groups is 1. The van der Waals surface area contributed by atoms with Gasteiger partial charge in [-0.25, -0.2) is 9.69 Å². The van der Waals surface area contributed by atoms with E-state index < -0.39 is 17.8 Å². The predicted octanol–water partition coefficient (Wildman–Crippen LogP) is 5.29. The van der Waals surface area contributed by atoms with Crippen LogP contribution in [0.5, 0.6) is 23.0 Å². The number of amides is 4. The molecule has 0 radical (unpaired) electrons. The molecular formula is C29H27BrN2O7. The van der Waals surface area contributed by atoms with Crippen molar-refractivity contribution in [1.82, 2.24) is 5.32 Å². The first-order valence-corrected chi connectivity index (χ1v) is 12.9. The number of nitrogens with one attached hydrogen (secondary N) is 1. The van der Waals surface area contributed by atoms with Crippen molar-refractivity contribution in [3.05, 3.63) is 81.8 Å². The van der Waals surface area contributed by atoms with Crippen LogP contribution in [0.2, 0.25) is 0 Å². The summed E-state index contributed by atoms with van der Waals surface area (Å²) in [6.45, 7) is 4.50. The van der Waals surface area contributed by atoms with Gasteiger partial charge in [0.2, 0.25) is 0 Å². The highest BCUT2D eigenvalue weighted by Crippen LogP contribution is 2.38. The standard InChI is InChI=1S/C29H27BrN2O7/c1-4-37-25-17-19(16-22(30)26(25)39-13-12-38-24-11-6-5-10-23(24)36-3)15-21-27(33)31-29(35)32(28(21)34)20-9-7-8-18(2)14-20/h5-11,14-17H,4,12-13H2,1-3H3,(H,31,33,35)/b21-15-. The van der Waals surface area contributed by atoms with Gasteiger partial charge in [0.15, 0.2) is 23.0 Å². The Balaban J connectivity index is 1.55. The number of ether oxygens (including phenoxy) is 4. The van der Waals surface area contributed by atoms with E-state index in [4.69, 9.17) is 18.9 Å². The molecule has 1 saturated heterocycles. The third kappa shape index (κ3) is 6.40. The molecule has 0 unspecified atom stereocenters. The number of benzene rings is 3. The Hall–Kier alpha value is -4.31. The van der Waals surface area contributed by atoms with Crippen LogP contribution in [0, 0.1) is 6.92 Å². The molecule has 39 heavy (non-hydrogen) atoms. The summed E-state index contributed by atoms with van der Waals surface area (Å²) in [7, 11) is 1.57. The van der Waals surface area contributed by atoms with Crippen LogP contribution in [0.3, 0.4) is 0 Å². The number of para-hydroxylation sites is 2. The lowest BCUT2D eigenvalue weighted by Crippen LogP contribution is -2.54. The van der Waals surface area contributed by atoms with E-state index in [1.165, 1.54) is 6.08 Å². The first-order valence-electron chi connectivity index (χ1n) is 12.2. The Labute approximate surface area is 234 Å². The Morgan fingerprint density at radius 2 is 1.64 bits per heavy atom. The zero-order chi connectivity index (χ0) is 27.9. The van der Waals surface area contributed by atoms with Gasteiger partial charge in [-0.2, -0.15) is 0 Å². The topological polar surface area (TPSA) is 103 Å². The summed E-state index contributed by atoms with van der Waals surface area (Å²) < 4.78 is 23.3. The van der Waals surface area contributed by atoms with Gasteiger partial charge in [0.05, 0.1) is 23.9 Å². The van der Waals surface area contributed by atoms with Crippen LogP contribution in [0.15, 0.2) is 70.7 Å². The molecule has 0 aliphatic carbocycles. The molecule has 0 spiro atoms. The van der Waals surface area contributed by atoms with E-state index in [1.54, 1.807) is 49.6 Å². The van der Waals surface area contributed by atoms with E-state index in [0.29, 0.717) is 45.3 Å². The average Bonchev–Trinajstić information content (AvgIpc) is 2.90. The van der Waals surface area contributed by atoms with E-state index in [9.17, 15) is 14.4 Å². The smallest absolute Gasteiger partial charge is 0.335 e. The predicted molar refractivity (Wildman–Crippen MR) is 149 cm³/mol. The second-order valence-electron chi connectivity index (χ2n) is 8.41. The van der Waals surface area contributed by atoms with Crippen molar-refractivity contribution in [3.63, 3.8) is 0 Å². The Bertz CT molecular complexity index is 1440. The highest BCUT2D eigenvalue weighted by atomic mass is 79.9. The molecule has 1 N–H and O–H groups in total. The molecule has 4 amide bonds. The lowest BCUT2D eigenvalue weighted by Gasteiger charge is -2.26. The van der Waals surface area contributed by atoms with Crippen molar-refractivity contribution in [2.75, 3.05) is 31.8 Å². The minimum absolute atomic E-state index is 0.190. The highest BCUT2D eigenvalue weighted by Gasteiger charge is 2.37. The molecule has 1 fully saturated rings. The van der Waals surface area contributed by atoms with Crippen molar-refractivity contribution in [3.8, 4) is 23.0 Å². The Morgan fingerprint density at radius 3 is 2.36 bits per heavy atom. The van der Waals surface area contributed by atoms with Gasteiger partial charge in [0.25, 0.3) is 11.8 Å². The zero-order valence-electron chi connectivity index (χ0n) is 21.7. The number of carbonyl (C=O) groups is 3. The molecule has 1 aliphatic heterocycles. The number of hydrogen-bond donors (Lipinski definition) is 1. The first-order chi connectivity index (χ1) is 18.8. The summed E-state index contributed by atoms with van der Waals surface area (Å²) in [5.74, 6) is 0.567. The normalized spacial score (nSPS) is 14.3. The summed E-state index contributed by atoms with van der Waals surface area (Å²) in [5.41, 5.74) is 1.54. The summed E-state index contributed by atoms with van der Waals surface area (Å²) in [5, 5.41) is 2.24.